The van der Waals surface area contributed by atoms with Gasteiger partial charge in [-0.2, -0.15) is 0 Å². The predicted octanol–water partition coefficient (Wildman–Crippen LogP) is 1.31. The van der Waals surface area contributed by atoms with Crippen LogP contribution in [0.3, 0.4) is 0 Å². The van der Waals surface area contributed by atoms with Crippen LogP contribution in [-0.4, -0.2) is 30.1 Å². The molecule has 1 heterocycles. The summed E-state index contributed by atoms with van der Waals surface area (Å²) in [5.74, 6) is -0.120. The van der Waals surface area contributed by atoms with Gasteiger partial charge in [0.05, 0.1) is 12.8 Å². The van der Waals surface area contributed by atoms with Crippen molar-refractivity contribution in [3.63, 3.8) is 0 Å². The number of hydrogen-bond acceptors (Lipinski definition) is 5. The number of carbonyl (C=O) groups excluding carboxylic acids is 2. The molecule has 2 N–H and O–H groups in total. The number of anilines is 1. The molecular weight excluding hydrogens is 254 g/mol. The van der Waals surface area contributed by atoms with Gasteiger partial charge in [-0.05, 0) is 12.8 Å². The molecule has 0 spiro atoms. The van der Waals surface area contributed by atoms with E-state index >= 15 is 0 Å². The molecule has 18 heavy (non-hydrogen) atoms. The van der Waals surface area contributed by atoms with E-state index in [4.69, 9.17) is 0 Å². The Hall–Kier alpha value is -1.63. The average Bonchev–Trinajstić information content (AvgIpc) is 2.69. The fraction of sp³-hybridized carbons (Fsp3) is 0.545. The Bertz CT molecular complexity index is 472. The molecule has 0 unspecified atom stereocenters. The lowest BCUT2D eigenvalue weighted by Crippen LogP contribution is -2.38. The molecule has 0 saturated carbocycles. The van der Waals surface area contributed by atoms with Crippen molar-refractivity contribution < 1.29 is 14.3 Å². The maximum atomic E-state index is 11.1. The SMILES string of the molecule is COC(=O)N[C@H]1CCc2nc(NC(C)=O)sc2C1. The van der Waals surface area contributed by atoms with Gasteiger partial charge in [-0.1, -0.05) is 0 Å². The summed E-state index contributed by atoms with van der Waals surface area (Å²) in [6.07, 6.45) is 1.97. The highest BCUT2D eigenvalue weighted by Crippen LogP contribution is 2.29. The van der Waals surface area contributed by atoms with Gasteiger partial charge in [0.1, 0.15) is 0 Å². The number of thiazole rings is 1. The second-order valence-electron chi connectivity index (χ2n) is 4.15. The Morgan fingerprint density at radius 1 is 1.50 bits per heavy atom. The third-order valence-electron chi connectivity index (χ3n) is 2.73. The van der Waals surface area contributed by atoms with E-state index in [1.54, 1.807) is 0 Å². The molecule has 6 nitrogen and oxygen atoms in total. The van der Waals surface area contributed by atoms with Crippen LogP contribution in [0.5, 0.6) is 0 Å². The quantitative estimate of drug-likeness (QED) is 0.848. The normalized spacial score (nSPS) is 17.8. The molecule has 0 saturated heterocycles. The van der Waals surface area contributed by atoms with Crippen LogP contribution in [-0.2, 0) is 22.4 Å². The van der Waals surface area contributed by atoms with Crippen molar-refractivity contribution in [2.75, 3.05) is 12.4 Å². The minimum atomic E-state index is -0.407. The largest absolute Gasteiger partial charge is 0.453 e. The summed E-state index contributed by atoms with van der Waals surface area (Å²) in [7, 11) is 1.35. The molecule has 98 valence electrons. The minimum absolute atomic E-state index is 0.0792. The first-order chi connectivity index (χ1) is 8.58. The van der Waals surface area contributed by atoms with Crippen LogP contribution < -0.4 is 10.6 Å². The highest BCUT2D eigenvalue weighted by atomic mass is 32.1. The third-order valence-corrected chi connectivity index (χ3v) is 3.77. The summed E-state index contributed by atoms with van der Waals surface area (Å²) in [6.45, 7) is 1.46. The number of hydrogen-bond donors (Lipinski definition) is 2. The van der Waals surface area contributed by atoms with Gasteiger partial charge in [-0.15, -0.1) is 11.3 Å². The van der Waals surface area contributed by atoms with Gasteiger partial charge in [0.15, 0.2) is 5.13 Å². The standard InChI is InChI=1S/C11H15N3O3S/c1-6(15)12-10-14-8-4-3-7(5-9(8)18-10)13-11(16)17-2/h7H,3-5H2,1-2H3,(H,13,16)(H,12,14,15)/t7-/m0/s1. The Morgan fingerprint density at radius 2 is 2.28 bits per heavy atom. The Balaban J connectivity index is 2.02. The van der Waals surface area contributed by atoms with Gasteiger partial charge >= 0.3 is 6.09 Å². The van der Waals surface area contributed by atoms with E-state index in [2.05, 4.69) is 20.4 Å². The number of nitrogens with zero attached hydrogens (tertiary/aromatic N) is 1. The van der Waals surface area contributed by atoms with E-state index in [0.717, 1.165) is 29.8 Å². The molecule has 1 aromatic rings. The first-order valence-corrected chi connectivity index (χ1v) is 6.50. The lowest BCUT2D eigenvalue weighted by molar-refractivity contribution is -0.114. The van der Waals surface area contributed by atoms with Crippen LogP contribution in [0.15, 0.2) is 0 Å². The van der Waals surface area contributed by atoms with Crippen molar-refractivity contribution in [1.82, 2.24) is 10.3 Å². The molecule has 1 aromatic heterocycles. The Labute approximate surface area is 109 Å². The number of alkyl carbamates (subject to hydrolysis) is 1. The lowest BCUT2D eigenvalue weighted by Gasteiger charge is -2.21. The van der Waals surface area contributed by atoms with Gasteiger partial charge in [0, 0.05) is 24.3 Å². The maximum Gasteiger partial charge on any atom is 0.407 e. The number of fused-ring (bicyclic) bond motifs is 1. The zero-order valence-electron chi connectivity index (χ0n) is 10.3. The van der Waals surface area contributed by atoms with E-state index in [1.165, 1.54) is 25.4 Å². The number of nitrogens with one attached hydrogen (secondary N) is 2. The summed E-state index contributed by atoms with van der Waals surface area (Å²) in [5, 5.41) is 6.11. The average molecular weight is 269 g/mol. The van der Waals surface area contributed by atoms with Crippen molar-refractivity contribution in [2.45, 2.75) is 32.2 Å². The van der Waals surface area contributed by atoms with E-state index in [1.807, 2.05) is 0 Å². The molecule has 0 bridgehead atoms. The molecule has 1 aliphatic carbocycles. The molecule has 0 aliphatic heterocycles. The summed E-state index contributed by atoms with van der Waals surface area (Å²) in [6, 6.07) is 0.0792. The summed E-state index contributed by atoms with van der Waals surface area (Å²) in [4.78, 5) is 27.6. The Kier molecular flexibility index (Phi) is 3.81. The number of rotatable bonds is 2. The molecule has 0 aromatic carbocycles. The predicted molar refractivity (Wildman–Crippen MR) is 67.8 cm³/mol. The summed E-state index contributed by atoms with van der Waals surface area (Å²) >= 11 is 1.47. The fourth-order valence-electron chi connectivity index (χ4n) is 1.93. The Morgan fingerprint density at radius 3 is 2.94 bits per heavy atom. The molecule has 0 radical (unpaired) electrons. The number of amides is 2. The van der Waals surface area contributed by atoms with Crippen LogP contribution >= 0.6 is 11.3 Å². The van der Waals surface area contributed by atoms with Crippen LogP contribution in [0.1, 0.15) is 23.9 Å². The zero-order chi connectivity index (χ0) is 13.1. The molecule has 2 rings (SSSR count). The van der Waals surface area contributed by atoms with Crippen LogP contribution in [0, 0.1) is 0 Å². The number of methoxy groups -OCH3 is 1. The van der Waals surface area contributed by atoms with Crippen molar-refractivity contribution in [1.29, 1.82) is 0 Å². The number of aromatic nitrogens is 1. The fourth-order valence-corrected chi connectivity index (χ4v) is 3.06. The first kappa shape index (κ1) is 12.8. The van der Waals surface area contributed by atoms with Crippen molar-refractivity contribution in [3.8, 4) is 0 Å². The molecule has 0 fully saturated rings. The molecule has 1 aliphatic rings. The number of aryl methyl sites for hydroxylation is 1. The van der Waals surface area contributed by atoms with E-state index in [9.17, 15) is 9.59 Å². The second-order valence-corrected chi connectivity index (χ2v) is 5.23. The number of carbonyl (C=O) groups is 2. The van der Waals surface area contributed by atoms with Gasteiger partial charge in [0.25, 0.3) is 0 Å². The van der Waals surface area contributed by atoms with E-state index < -0.39 is 6.09 Å². The molecule has 1 atom stereocenters. The third kappa shape index (κ3) is 2.98. The van der Waals surface area contributed by atoms with Gasteiger partial charge < -0.3 is 15.4 Å². The second kappa shape index (κ2) is 5.34. The maximum absolute atomic E-state index is 11.1. The smallest absolute Gasteiger partial charge is 0.407 e. The highest BCUT2D eigenvalue weighted by molar-refractivity contribution is 7.15. The monoisotopic (exact) mass is 269 g/mol. The highest BCUT2D eigenvalue weighted by Gasteiger charge is 2.24. The van der Waals surface area contributed by atoms with E-state index in [0.29, 0.717) is 5.13 Å². The zero-order valence-corrected chi connectivity index (χ0v) is 11.1. The van der Waals surface area contributed by atoms with Gasteiger partial charge in [0.2, 0.25) is 5.91 Å². The van der Waals surface area contributed by atoms with Gasteiger partial charge in [-0.3, -0.25) is 4.79 Å². The molecule has 7 heteroatoms. The van der Waals surface area contributed by atoms with Gasteiger partial charge in [-0.25, -0.2) is 9.78 Å². The van der Waals surface area contributed by atoms with E-state index in [-0.39, 0.29) is 11.9 Å². The van der Waals surface area contributed by atoms with Crippen molar-refractivity contribution >= 4 is 28.5 Å². The number of ether oxygens (including phenoxy) is 1. The first-order valence-electron chi connectivity index (χ1n) is 5.69. The van der Waals surface area contributed by atoms with Crippen molar-refractivity contribution in [2.24, 2.45) is 0 Å². The molecular formula is C11H15N3O3S. The van der Waals surface area contributed by atoms with Crippen molar-refractivity contribution in [3.05, 3.63) is 10.6 Å². The summed E-state index contributed by atoms with van der Waals surface area (Å²) in [5.41, 5.74) is 1.02. The summed E-state index contributed by atoms with van der Waals surface area (Å²) < 4.78 is 4.58. The minimum Gasteiger partial charge on any atom is -0.453 e. The molecule has 2 amide bonds. The lowest BCUT2D eigenvalue weighted by atomic mass is 9.98. The van der Waals surface area contributed by atoms with Crippen LogP contribution in [0.2, 0.25) is 0 Å². The van der Waals surface area contributed by atoms with Crippen LogP contribution in [0.25, 0.3) is 0 Å². The van der Waals surface area contributed by atoms with Crippen LogP contribution in [0.4, 0.5) is 9.93 Å². The topological polar surface area (TPSA) is 80.3 Å².